The molecule has 0 radical (unpaired) electrons. The summed E-state index contributed by atoms with van der Waals surface area (Å²) < 4.78 is 3.73. The molecule has 0 atom stereocenters. The van der Waals surface area contributed by atoms with Gasteiger partial charge in [0.2, 0.25) is 0 Å². The summed E-state index contributed by atoms with van der Waals surface area (Å²) in [4.78, 5) is 0. The zero-order chi connectivity index (χ0) is 13.9. The third-order valence-corrected chi connectivity index (χ3v) is 3.21. The zero-order valence-corrected chi connectivity index (χ0v) is 11.4. The maximum atomic E-state index is 6.06. The first-order valence-electron chi connectivity index (χ1n) is 6.66. The van der Waals surface area contributed by atoms with E-state index >= 15 is 0 Å². The van der Waals surface area contributed by atoms with Crippen LogP contribution >= 0.6 is 0 Å². The second-order valence-corrected chi connectivity index (χ2v) is 4.70. The van der Waals surface area contributed by atoms with Gasteiger partial charge in [0, 0.05) is 24.5 Å². The molecule has 102 valence electrons. The number of anilines is 1. The van der Waals surface area contributed by atoms with Crippen molar-refractivity contribution in [3.05, 3.63) is 54.5 Å². The predicted octanol–water partition coefficient (Wildman–Crippen LogP) is 2.40. The van der Waals surface area contributed by atoms with Crippen molar-refractivity contribution in [2.45, 2.75) is 20.0 Å². The molecule has 0 aliphatic rings. The number of aromatic nitrogens is 4. The van der Waals surface area contributed by atoms with E-state index in [0.717, 1.165) is 17.8 Å². The Kier molecular flexibility index (Phi) is 3.25. The van der Waals surface area contributed by atoms with Gasteiger partial charge < -0.3 is 5.73 Å². The van der Waals surface area contributed by atoms with Gasteiger partial charge in [-0.1, -0.05) is 30.3 Å². The van der Waals surface area contributed by atoms with Crippen LogP contribution < -0.4 is 5.73 Å². The molecular formula is C15H17N5. The number of nitrogen functional groups attached to an aromatic ring is 1. The molecule has 5 heteroatoms. The summed E-state index contributed by atoms with van der Waals surface area (Å²) >= 11 is 0. The Morgan fingerprint density at radius 2 is 1.90 bits per heavy atom. The maximum Gasteiger partial charge on any atom is 0.118 e. The highest BCUT2D eigenvalue weighted by Crippen LogP contribution is 2.23. The molecule has 3 aromatic rings. The van der Waals surface area contributed by atoms with Gasteiger partial charge in [-0.15, -0.1) is 0 Å². The quantitative estimate of drug-likeness (QED) is 0.789. The summed E-state index contributed by atoms with van der Waals surface area (Å²) in [5.74, 6) is 0. The van der Waals surface area contributed by atoms with E-state index in [9.17, 15) is 0 Å². The van der Waals surface area contributed by atoms with Crippen LogP contribution in [0.15, 0.2) is 48.9 Å². The minimum Gasteiger partial charge on any atom is -0.396 e. The van der Waals surface area contributed by atoms with E-state index in [2.05, 4.69) is 22.3 Å². The molecule has 0 saturated heterocycles. The summed E-state index contributed by atoms with van der Waals surface area (Å²) in [5, 5.41) is 8.82. The van der Waals surface area contributed by atoms with Crippen molar-refractivity contribution in [1.29, 1.82) is 0 Å². The van der Waals surface area contributed by atoms with Gasteiger partial charge in [-0.05, 0) is 12.5 Å². The van der Waals surface area contributed by atoms with E-state index in [1.165, 1.54) is 5.56 Å². The molecule has 2 N–H and O–H groups in total. The van der Waals surface area contributed by atoms with Crippen LogP contribution in [0, 0.1) is 0 Å². The number of benzene rings is 1. The summed E-state index contributed by atoms with van der Waals surface area (Å²) in [7, 11) is 0. The van der Waals surface area contributed by atoms with E-state index in [1.807, 2.05) is 46.9 Å². The van der Waals surface area contributed by atoms with Gasteiger partial charge in [-0.2, -0.15) is 10.2 Å². The van der Waals surface area contributed by atoms with Crippen molar-refractivity contribution < 1.29 is 0 Å². The Bertz CT molecular complexity index is 696. The lowest BCUT2D eigenvalue weighted by Crippen LogP contribution is -1.99. The fourth-order valence-electron chi connectivity index (χ4n) is 2.17. The van der Waals surface area contributed by atoms with Crippen LogP contribution in [0.1, 0.15) is 12.5 Å². The lowest BCUT2D eigenvalue weighted by Gasteiger charge is -2.00. The molecule has 0 aliphatic heterocycles. The first kappa shape index (κ1) is 12.5. The van der Waals surface area contributed by atoms with Crippen molar-refractivity contribution in [2.24, 2.45) is 0 Å². The number of nitrogens with two attached hydrogens (primary N) is 1. The van der Waals surface area contributed by atoms with Crippen molar-refractivity contribution in [3.8, 4) is 11.3 Å². The molecule has 2 heterocycles. The first-order valence-corrected chi connectivity index (χ1v) is 6.66. The van der Waals surface area contributed by atoms with Gasteiger partial charge in [-0.3, -0.25) is 9.36 Å². The van der Waals surface area contributed by atoms with Crippen LogP contribution in [0.25, 0.3) is 11.3 Å². The second kappa shape index (κ2) is 5.21. The molecule has 1 aromatic carbocycles. The number of aryl methyl sites for hydroxylation is 1. The van der Waals surface area contributed by atoms with Gasteiger partial charge in [0.15, 0.2) is 0 Å². The molecule has 2 aromatic heterocycles. The Morgan fingerprint density at radius 1 is 1.10 bits per heavy atom. The third-order valence-electron chi connectivity index (χ3n) is 3.21. The molecule has 3 rings (SSSR count). The number of hydrogen-bond acceptors (Lipinski definition) is 3. The zero-order valence-electron chi connectivity index (χ0n) is 11.4. The monoisotopic (exact) mass is 267 g/mol. The minimum atomic E-state index is 0.677. The minimum absolute atomic E-state index is 0.677. The molecule has 0 aliphatic carbocycles. The van der Waals surface area contributed by atoms with Gasteiger partial charge in [0.1, 0.15) is 5.69 Å². The van der Waals surface area contributed by atoms with E-state index in [1.54, 1.807) is 6.20 Å². The standard InChI is InChI=1S/C15H17N5/c1-2-19-10-13(8-17-19)15-14(16)11-20(18-15)9-12-6-4-3-5-7-12/h3-8,10-11H,2,9,16H2,1H3. The average Bonchev–Trinajstić information content (AvgIpc) is 3.06. The van der Waals surface area contributed by atoms with E-state index in [-0.39, 0.29) is 0 Å². The van der Waals surface area contributed by atoms with E-state index in [4.69, 9.17) is 5.73 Å². The van der Waals surface area contributed by atoms with Crippen LogP contribution in [0.3, 0.4) is 0 Å². The van der Waals surface area contributed by atoms with Crippen LogP contribution in [-0.2, 0) is 13.1 Å². The average molecular weight is 267 g/mol. The molecular weight excluding hydrogens is 250 g/mol. The topological polar surface area (TPSA) is 61.7 Å². The first-order chi connectivity index (χ1) is 9.76. The van der Waals surface area contributed by atoms with E-state index in [0.29, 0.717) is 12.2 Å². The van der Waals surface area contributed by atoms with Crippen molar-refractivity contribution >= 4 is 5.69 Å². The lowest BCUT2D eigenvalue weighted by atomic mass is 10.2. The lowest BCUT2D eigenvalue weighted by molar-refractivity contribution is 0.660. The van der Waals surface area contributed by atoms with Crippen molar-refractivity contribution in [2.75, 3.05) is 5.73 Å². The predicted molar refractivity (Wildman–Crippen MR) is 79.1 cm³/mol. The SMILES string of the molecule is CCn1cc(-c2nn(Cc3ccccc3)cc2N)cn1. The summed E-state index contributed by atoms with van der Waals surface area (Å²) in [6.07, 6.45) is 5.63. The molecule has 0 fully saturated rings. The molecule has 20 heavy (non-hydrogen) atoms. The molecule has 5 nitrogen and oxygen atoms in total. The fraction of sp³-hybridized carbons (Fsp3) is 0.200. The number of nitrogens with zero attached hydrogens (tertiary/aromatic N) is 4. The summed E-state index contributed by atoms with van der Waals surface area (Å²) in [6, 6.07) is 10.2. The highest BCUT2D eigenvalue weighted by Gasteiger charge is 2.10. The Morgan fingerprint density at radius 3 is 2.60 bits per heavy atom. The van der Waals surface area contributed by atoms with Gasteiger partial charge in [0.25, 0.3) is 0 Å². The second-order valence-electron chi connectivity index (χ2n) is 4.70. The third kappa shape index (κ3) is 2.42. The summed E-state index contributed by atoms with van der Waals surface area (Å²) in [6.45, 7) is 3.60. The Labute approximate surface area is 117 Å². The Balaban J connectivity index is 1.87. The van der Waals surface area contributed by atoms with Gasteiger partial charge in [0.05, 0.1) is 18.4 Å². The highest BCUT2D eigenvalue weighted by atomic mass is 15.3. The molecule has 0 amide bonds. The summed E-state index contributed by atoms with van der Waals surface area (Å²) in [5.41, 5.74) is 9.68. The highest BCUT2D eigenvalue weighted by molar-refractivity contribution is 5.70. The normalized spacial score (nSPS) is 10.8. The van der Waals surface area contributed by atoms with Crippen LogP contribution in [-0.4, -0.2) is 19.6 Å². The molecule has 0 saturated carbocycles. The van der Waals surface area contributed by atoms with Crippen molar-refractivity contribution in [1.82, 2.24) is 19.6 Å². The molecule has 0 unspecified atom stereocenters. The van der Waals surface area contributed by atoms with Crippen LogP contribution in [0.5, 0.6) is 0 Å². The number of rotatable bonds is 4. The largest absolute Gasteiger partial charge is 0.396 e. The van der Waals surface area contributed by atoms with Gasteiger partial charge in [-0.25, -0.2) is 0 Å². The maximum absolute atomic E-state index is 6.06. The van der Waals surface area contributed by atoms with Gasteiger partial charge >= 0.3 is 0 Å². The van der Waals surface area contributed by atoms with Crippen LogP contribution in [0.2, 0.25) is 0 Å². The number of hydrogen-bond donors (Lipinski definition) is 1. The van der Waals surface area contributed by atoms with Crippen molar-refractivity contribution in [3.63, 3.8) is 0 Å². The van der Waals surface area contributed by atoms with E-state index < -0.39 is 0 Å². The smallest absolute Gasteiger partial charge is 0.118 e. The Hall–Kier alpha value is -2.56. The fourth-order valence-corrected chi connectivity index (χ4v) is 2.17. The molecule has 0 spiro atoms. The molecule has 0 bridgehead atoms. The van der Waals surface area contributed by atoms with Crippen LogP contribution in [0.4, 0.5) is 5.69 Å².